The van der Waals surface area contributed by atoms with Crippen LogP contribution in [0.1, 0.15) is 38.8 Å². The van der Waals surface area contributed by atoms with Gasteiger partial charge in [0.25, 0.3) is 0 Å². The third kappa shape index (κ3) is 3.93. The van der Waals surface area contributed by atoms with Gasteiger partial charge in [0.05, 0.1) is 0 Å². The molecule has 0 bridgehead atoms. The van der Waals surface area contributed by atoms with Crippen molar-refractivity contribution in [1.29, 1.82) is 0 Å². The van der Waals surface area contributed by atoms with Gasteiger partial charge in [-0.25, -0.2) is 5.01 Å². The molecular weight excluding hydrogens is 345 g/mol. The highest BCUT2D eigenvalue weighted by Gasteiger charge is 2.47. The van der Waals surface area contributed by atoms with Crippen LogP contribution in [0.25, 0.3) is 10.8 Å². The van der Waals surface area contributed by atoms with Gasteiger partial charge in [-0.1, -0.05) is 24.3 Å². The smallest absolute Gasteiger partial charge is 0.409 e. The fourth-order valence-corrected chi connectivity index (χ4v) is 3.16. The topological polar surface area (TPSA) is 41.6 Å². The number of ether oxygens (including phenoxy) is 1. The highest BCUT2D eigenvalue weighted by Crippen LogP contribution is 2.42. The summed E-state index contributed by atoms with van der Waals surface area (Å²) >= 11 is 0. The number of hydrogen-bond acceptors (Lipinski definition) is 3. The summed E-state index contributed by atoms with van der Waals surface area (Å²) in [6, 6.07) is 8.10. The number of halogens is 3. The maximum Gasteiger partial charge on any atom is 0.409 e. The molecule has 140 valence electrons. The Morgan fingerprint density at radius 3 is 2.42 bits per heavy atom. The van der Waals surface area contributed by atoms with Crippen molar-refractivity contribution in [3.8, 4) is 5.75 Å². The minimum atomic E-state index is -4.55. The van der Waals surface area contributed by atoms with Crippen LogP contribution < -0.4 is 10.2 Å². The first kappa shape index (κ1) is 18.5. The average molecular weight is 366 g/mol. The van der Waals surface area contributed by atoms with E-state index in [1.165, 1.54) is 6.07 Å². The second kappa shape index (κ2) is 6.46. The molecule has 4 nitrogen and oxygen atoms in total. The second-order valence-corrected chi connectivity index (χ2v) is 7.37. The van der Waals surface area contributed by atoms with Gasteiger partial charge in [0.15, 0.2) is 6.04 Å². The van der Waals surface area contributed by atoms with Crippen LogP contribution >= 0.6 is 0 Å². The van der Waals surface area contributed by atoms with E-state index in [2.05, 4.69) is 5.43 Å². The van der Waals surface area contributed by atoms with E-state index in [1.807, 2.05) is 20.8 Å². The lowest BCUT2D eigenvalue weighted by atomic mass is 9.97. The highest BCUT2D eigenvalue weighted by molar-refractivity contribution is 5.88. The Morgan fingerprint density at radius 2 is 1.85 bits per heavy atom. The molecule has 0 aromatic heterocycles. The fraction of sp³-hybridized carbons (Fsp3) is 0.421. The summed E-state index contributed by atoms with van der Waals surface area (Å²) in [6.45, 7) is 5.51. The number of rotatable bonds is 3. The van der Waals surface area contributed by atoms with Gasteiger partial charge < -0.3 is 4.74 Å². The van der Waals surface area contributed by atoms with Gasteiger partial charge in [-0.05, 0) is 49.2 Å². The zero-order chi connectivity index (χ0) is 19.1. The Bertz CT molecular complexity index is 828. The summed E-state index contributed by atoms with van der Waals surface area (Å²) in [4.78, 5) is 11.5. The second-order valence-electron chi connectivity index (χ2n) is 7.37. The molecular formula is C19H21F3N2O2. The zero-order valence-electron chi connectivity index (χ0n) is 14.9. The number of amides is 1. The normalized spacial score (nSPS) is 17.4. The van der Waals surface area contributed by atoms with Crippen molar-refractivity contribution in [2.45, 2.75) is 45.0 Å². The third-order valence-electron chi connectivity index (χ3n) is 4.06. The lowest BCUT2D eigenvalue weighted by Gasteiger charge is -2.31. The van der Waals surface area contributed by atoms with Crippen LogP contribution in [-0.4, -0.2) is 29.2 Å². The van der Waals surface area contributed by atoms with Crippen molar-refractivity contribution in [2.24, 2.45) is 0 Å². The number of nitrogens with zero attached hydrogens (tertiary/aromatic N) is 1. The van der Waals surface area contributed by atoms with Crippen LogP contribution in [0.3, 0.4) is 0 Å². The van der Waals surface area contributed by atoms with E-state index in [-0.39, 0.29) is 18.5 Å². The number of hydrogen-bond donors (Lipinski definition) is 1. The summed E-state index contributed by atoms with van der Waals surface area (Å²) in [5, 5.41) is 2.10. The van der Waals surface area contributed by atoms with E-state index in [9.17, 15) is 18.0 Å². The fourth-order valence-electron chi connectivity index (χ4n) is 3.16. The molecule has 2 aromatic rings. The minimum Gasteiger partial charge on any atom is -0.488 e. The molecule has 0 spiro atoms. The molecule has 1 saturated heterocycles. The van der Waals surface area contributed by atoms with E-state index < -0.39 is 23.7 Å². The van der Waals surface area contributed by atoms with Crippen LogP contribution in [0.5, 0.6) is 5.75 Å². The molecule has 1 heterocycles. The number of carbonyl (C=O) groups excluding carboxylic acids is 1. The van der Waals surface area contributed by atoms with Gasteiger partial charge in [-0.2, -0.15) is 13.2 Å². The molecule has 7 heteroatoms. The van der Waals surface area contributed by atoms with Gasteiger partial charge in [-0.3, -0.25) is 10.2 Å². The van der Waals surface area contributed by atoms with Gasteiger partial charge in [0.2, 0.25) is 5.91 Å². The summed E-state index contributed by atoms with van der Waals surface area (Å²) < 4.78 is 47.7. The first-order valence-corrected chi connectivity index (χ1v) is 8.39. The van der Waals surface area contributed by atoms with E-state index in [0.717, 1.165) is 5.01 Å². The summed E-state index contributed by atoms with van der Waals surface area (Å²) in [5.41, 5.74) is 1.85. The van der Waals surface area contributed by atoms with Crippen molar-refractivity contribution in [2.75, 3.05) is 6.54 Å². The predicted octanol–water partition coefficient (Wildman–Crippen LogP) is 4.36. The van der Waals surface area contributed by atoms with Crippen LogP contribution in [0.2, 0.25) is 0 Å². The molecule has 1 unspecified atom stereocenters. The van der Waals surface area contributed by atoms with Gasteiger partial charge in [0, 0.05) is 13.0 Å². The molecule has 1 aliphatic heterocycles. The lowest BCUT2D eigenvalue weighted by Crippen LogP contribution is -2.43. The predicted molar refractivity (Wildman–Crippen MR) is 92.6 cm³/mol. The summed E-state index contributed by atoms with van der Waals surface area (Å²) in [5.74, 6) is -0.0448. The number of fused-ring (bicyclic) bond motifs is 1. The molecule has 26 heavy (non-hydrogen) atoms. The minimum absolute atomic E-state index is 0.00168. The molecule has 1 N–H and O–H groups in total. The van der Waals surface area contributed by atoms with Crippen molar-refractivity contribution >= 4 is 16.7 Å². The monoisotopic (exact) mass is 366 g/mol. The number of nitrogens with one attached hydrogen (secondary N) is 1. The van der Waals surface area contributed by atoms with E-state index in [1.54, 1.807) is 30.3 Å². The SMILES string of the molecule is CC(C)(C)Oc1cc(C(N2CCC(=O)N2)C(F)(F)F)c2ccccc2c1. The largest absolute Gasteiger partial charge is 0.488 e. The Hall–Kier alpha value is -2.28. The summed E-state index contributed by atoms with van der Waals surface area (Å²) in [7, 11) is 0. The van der Waals surface area contributed by atoms with Crippen molar-refractivity contribution < 1.29 is 22.7 Å². The van der Waals surface area contributed by atoms with Crippen LogP contribution in [0, 0.1) is 0 Å². The molecule has 1 atom stereocenters. The van der Waals surface area contributed by atoms with E-state index >= 15 is 0 Å². The van der Waals surface area contributed by atoms with Gasteiger partial charge in [-0.15, -0.1) is 0 Å². The third-order valence-corrected chi connectivity index (χ3v) is 4.06. The number of benzene rings is 2. The van der Waals surface area contributed by atoms with E-state index in [0.29, 0.717) is 16.5 Å². The van der Waals surface area contributed by atoms with Gasteiger partial charge in [0.1, 0.15) is 11.4 Å². The van der Waals surface area contributed by atoms with Crippen molar-refractivity contribution in [3.05, 3.63) is 42.0 Å². The number of alkyl halides is 3. The van der Waals surface area contributed by atoms with Crippen molar-refractivity contribution in [3.63, 3.8) is 0 Å². The molecule has 1 aliphatic rings. The highest BCUT2D eigenvalue weighted by atomic mass is 19.4. The summed E-state index contributed by atoms with van der Waals surface area (Å²) in [6.07, 6.45) is -4.51. The first-order valence-electron chi connectivity index (χ1n) is 8.39. The van der Waals surface area contributed by atoms with E-state index in [4.69, 9.17) is 4.74 Å². The number of hydrazine groups is 1. The standard InChI is InChI=1S/C19H21F3N2O2/c1-18(2,3)26-13-10-12-6-4-5-7-14(12)15(11-13)17(19(20,21)22)24-9-8-16(25)23-24/h4-7,10-11,17H,8-9H2,1-3H3,(H,23,25). The van der Waals surface area contributed by atoms with Crippen LogP contribution in [0.4, 0.5) is 13.2 Å². The molecule has 1 amide bonds. The first-order chi connectivity index (χ1) is 12.0. The van der Waals surface area contributed by atoms with Crippen LogP contribution in [-0.2, 0) is 4.79 Å². The zero-order valence-corrected chi connectivity index (χ0v) is 14.9. The molecule has 3 rings (SSSR count). The van der Waals surface area contributed by atoms with Crippen molar-refractivity contribution in [1.82, 2.24) is 10.4 Å². The molecule has 0 radical (unpaired) electrons. The Kier molecular flexibility index (Phi) is 4.60. The maximum absolute atomic E-state index is 13.9. The molecule has 1 fully saturated rings. The Labute approximate surface area is 149 Å². The van der Waals surface area contributed by atoms with Gasteiger partial charge >= 0.3 is 6.18 Å². The van der Waals surface area contributed by atoms with Crippen LogP contribution in [0.15, 0.2) is 36.4 Å². The Balaban J connectivity index is 2.17. The quantitative estimate of drug-likeness (QED) is 0.878. The Morgan fingerprint density at radius 1 is 1.15 bits per heavy atom. The number of carbonyl (C=O) groups is 1. The lowest BCUT2D eigenvalue weighted by molar-refractivity contribution is -0.190. The average Bonchev–Trinajstić information content (AvgIpc) is 2.90. The molecule has 2 aromatic carbocycles. The maximum atomic E-state index is 13.9. The molecule has 0 saturated carbocycles. The molecule has 0 aliphatic carbocycles.